The molecule has 0 aliphatic carbocycles. The molecule has 1 atom stereocenters. The molecule has 3 aromatic rings. The number of nitrogens with two attached hydrogens (primary N) is 1. The van der Waals surface area contributed by atoms with Crippen LogP contribution in [0.15, 0.2) is 84.9 Å². The molecule has 3 aromatic carbocycles. The Morgan fingerprint density at radius 2 is 1.47 bits per heavy atom. The first-order chi connectivity index (χ1) is 20.8. The maximum Gasteiger partial charge on any atom is 0.261 e. The van der Waals surface area contributed by atoms with Crippen molar-refractivity contribution in [2.75, 3.05) is 31.1 Å². The van der Waals surface area contributed by atoms with Gasteiger partial charge in [0.15, 0.2) is 6.17 Å². The molecule has 0 radical (unpaired) electrons. The Morgan fingerprint density at radius 1 is 0.860 bits per heavy atom. The molecule has 3 N–H and O–H groups in total. The maximum atomic E-state index is 14.2. The number of nitrogens with one attached hydrogen (secondary N) is 1. The van der Waals surface area contributed by atoms with E-state index in [-0.39, 0.29) is 24.3 Å². The van der Waals surface area contributed by atoms with Gasteiger partial charge in [-0.25, -0.2) is 0 Å². The van der Waals surface area contributed by atoms with E-state index in [0.717, 1.165) is 11.1 Å². The standard InChI is InChI=1S/C33H36ClN5O4/c34-26-14-11-25(12-15-26)13-16-29(41)37-21-18-33(19-22-37)32(43)38(23-28(40)36-20-17-24-7-3-1-4-8-24)31(30(35)42)39(33)27-9-5-2-6-10-27/h1-12,14-15,31H,13,16-23H2,(H2,35,42)(H,36,40)/t31-/m0/s1. The average Bonchev–Trinajstić information content (AvgIpc) is 3.25. The van der Waals surface area contributed by atoms with Gasteiger partial charge in [-0.2, -0.15) is 0 Å². The second kappa shape index (κ2) is 13.3. The minimum absolute atomic E-state index is 0.00242. The number of benzene rings is 3. The van der Waals surface area contributed by atoms with E-state index in [1.807, 2.05) is 72.8 Å². The lowest BCUT2D eigenvalue weighted by Gasteiger charge is -2.44. The molecule has 0 saturated carbocycles. The first-order valence-corrected chi connectivity index (χ1v) is 14.9. The van der Waals surface area contributed by atoms with Gasteiger partial charge in [0.1, 0.15) is 12.1 Å². The van der Waals surface area contributed by atoms with Crippen LogP contribution in [0.1, 0.15) is 30.4 Å². The number of anilines is 1. The number of nitrogens with zero attached hydrogens (tertiary/aromatic N) is 3. The van der Waals surface area contributed by atoms with Gasteiger partial charge in [-0.3, -0.25) is 19.2 Å². The van der Waals surface area contributed by atoms with E-state index in [9.17, 15) is 19.2 Å². The maximum absolute atomic E-state index is 14.2. The predicted octanol–water partition coefficient (Wildman–Crippen LogP) is 3.15. The summed E-state index contributed by atoms with van der Waals surface area (Å²) in [4.78, 5) is 58.1. The molecule has 9 nitrogen and oxygen atoms in total. The smallest absolute Gasteiger partial charge is 0.261 e. The molecule has 2 fully saturated rings. The molecule has 0 bridgehead atoms. The van der Waals surface area contributed by atoms with Crippen LogP contribution in [-0.2, 0) is 32.0 Å². The van der Waals surface area contributed by atoms with Crippen molar-refractivity contribution in [1.82, 2.24) is 15.1 Å². The summed E-state index contributed by atoms with van der Waals surface area (Å²) in [6.45, 7) is 0.789. The summed E-state index contributed by atoms with van der Waals surface area (Å²) < 4.78 is 0. The van der Waals surface area contributed by atoms with Crippen LogP contribution in [-0.4, -0.2) is 71.3 Å². The summed E-state index contributed by atoms with van der Waals surface area (Å²) in [5.41, 5.74) is 7.57. The van der Waals surface area contributed by atoms with Gasteiger partial charge in [0, 0.05) is 36.8 Å². The Morgan fingerprint density at radius 3 is 2.09 bits per heavy atom. The van der Waals surface area contributed by atoms with E-state index < -0.39 is 17.6 Å². The zero-order valence-corrected chi connectivity index (χ0v) is 24.7. The lowest BCUT2D eigenvalue weighted by atomic mass is 9.85. The number of likely N-dealkylation sites (tertiary alicyclic amines) is 1. The number of halogens is 1. The molecule has 43 heavy (non-hydrogen) atoms. The minimum atomic E-state index is -1.14. The summed E-state index contributed by atoms with van der Waals surface area (Å²) >= 11 is 5.98. The number of piperidine rings is 1. The number of primary amides is 1. The molecule has 4 amide bonds. The molecule has 1 spiro atoms. The highest BCUT2D eigenvalue weighted by molar-refractivity contribution is 6.30. The summed E-state index contributed by atoms with van der Waals surface area (Å²) in [5.74, 6) is -1.41. The Balaban J connectivity index is 1.30. The highest BCUT2D eigenvalue weighted by Crippen LogP contribution is 2.42. The van der Waals surface area contributed by atoms with Gasteiger partial charge in [0.2, 0.25) is 11.8 Å². The summed E-state index contributed by atoms with van der Waals surface area (Å²) in [6, 6.07) is 26.4. The van der Waals surface area contributed by atoms with Gasteiger partial charge in [0.25, 0.3) is 11.8 Å². The van der Waals surface area contributed by atoms with E-state index in [1.165, 1.54) is 4.90 Å². The number of amides is 4. The fourth-order valence-electron chi connectivity index (χ4n) is 6.11. The van der Waals surface area contributed by atoms with Gasteiger partial charge in [-0.05, 0) is 61.1 Å². The summed E-state index contributed by atoms with van der Waals surface area (Å²) in [7, 11) is 0. The van der Waals surface area contributed by atoms with Crippen molar-refractivity contribution >= 4 is 40.9 Å². The second-order valence-electron chi connectivity index (χ2n) is 11.0. The lowest BCUT2D eigenvalue weighted by Crippen LogP contribution is -2.59. The third-order valence-corrected chi connectivity index (χ3v) is 8.58. The number of hydrogen-bond acceptors (Lipinski definition) is 5. The van der Waals surface area contributed by atoms with Crippen LogP contribution in [0.4, 0.5) is 5.69 Å². The predicted molar refractivity (Wildman–Crippen MR) is 165 cm³/mol. The molecule has 2 aliphatic rings. The van der Waals surface area contributed by atoms with Crippen LogP contribution in [0.3, 0.4) is 0 Å². The lowest BCUT2D eigenvalue weighted by molar-refractivity contribution is -0.142. The molecule has 10 heteroatoms. The van der Waals surface area contributed by atoms with Crippen molar-refractivity contribution in [3.63, 3.8) is 0 Å². The topological polar surface area (TPSA) is 116 Å². The molecule has 2 heterocycles. The SMILES string of the molecule is NC(=O)[C@H]1N(CC(=O)NCCc2ccccc2)C(=O)C2(CCN(C(=O)CCc3ccc(Cl)cc3)CC2)N1c1ccccc1. The quantitative estimate of drug-likeness (QED) is 0.370. The molecule has 224 valence electrons. The first-order valence-electron chi connectivity index (χ1n) is 14.6. The van der Waals surface area contributed by atoms with Gasteiger partial charge < -0.3 is 25.8 Å². The molecule has 5 rings (SSSR count). The Labute approximate surface area is 256 Å². The van der Waals surface area contributed by atoms with Crippen LogP contribution in [0.2, 0.25) is 5.02 Å². The normalized spacial score (nSPS) is 17.7. The van der Waals surface area contributed by atoms with E-state index in [0.29, 0.717) is 62.4 Å². The monoisotopic (exact) mass is 601 g/mol. The van der Waals surface area contributed by atoms with Gasteiger partial charge in [0.05, 0.1) is 0 Å². The van der Waals surface area contributed by atoms with Gasteiger partial charge in [-0.15, -0.1) is 0 Å². The minimum Gasteiger partial charge on any atom is -0.366 e. The van der Waals surface area contributed by atoms with Crippen molar-refractivity contribution in [2.24, 2.45) is 5.73 Å². The summed E-state index contributed by atoms with van der Waals surface area (Å²) in [6.07, 6.45) is 1.05. The number of carbonyl (C=O) groups excluding carboxylic acids is 4. The average molecular weight is 602 g/mol. The number of rotatable bonds is 10. The van der Waals surface area contributed by atoms with Crippen molar-refractivity contribution in [2.45, 2.75) is 43.8 Å². The van der Waals surface area contributed by atoms with E-state index in [2.05, 4.69) is 5.32 Å². The summed E-state index contributed by atoms with van der Waals surface area (Å²) in [5, 5.41) is 3.52. The van der Waals surface area contributed by atoms with Crippen molar-refractivity contribution in [3.05, 3.63) is 101 Å². The zero-order chi connectivity index (χ0) is 30.4. The van der Waals surface area contributed by atoms with E-state index in [1.54, 1.807) is 21.9 Å². The molecule has 0 unspecified atom stereocenters. The van der Waals surface area contributed by atoms with Crippen LogP contribution >= 0.6 is 11.6 Å². The van der Waals surface area contributed by atoms with E-state index >= 15 is 0 Å². The molecular weight excluding hydrogens is 566 g/mol. The second-order valence-corrected chi connectivity index (χ2v) is 11.5. The fourth-order valence-corrected chi connectivity index (χ4v) is 6.24. The van der Waals surface area contributed by atoms with Gasteiger partial charge >= 0.3 is 0 Å². The highest BCUT2D eigenvalue weighted by atomic mass is 35.5. The number of hydrogen-bond donors (Lipinski definition) is 2. The number of para-hydroxylation sites is 1. The van der Waals surface area contributed by atoms with Crippen molar-refractivity contribution in [3.8, 4) is 0 Å². The van der Waals surface area contributed by atoms with Crippen LogP contribution in [0.5, 0.6) is 0 Å². The van der Waals surface area contributed by atoms with Crippen molar-refractivity contribution < 1.29 is 19.2 Å². The Bertz CT molecular complexity index is 1440. The molecular formula is C33H36ClN5O4. The Kier molecular flexibility index (Phi) is 9.31. The first kappa shape index (κ1) is 30.1. The van der Waals surface area contributed by atoms with E-state index in [4.69, 9.17) is 17.3 Å². The zero-order valence-electron chi connectivity index (χ0n) is 24.0. The number of aryl methyl sites for hydroxylation is 1. The third kappa shape index (κ3) is 6.67. The van der Waals surface area contributed by atoms with Crippen LogP contribution < -0.4 is 16.0 Å². The van der Waals surface area contributed by atoms with Crippen molar-refractivity contribution in [1.29, 1.82) is 0 Å². The number of carbonyl (C=O) groups is 4. The molecule has 2 aliphatic heterocycles. The fraction of sp³-hybridized carbons (Fsp3) is 0.333. The molecule has 0 aromatic heterocycles. The van der Waals surface area contributed by atoms with Crippen LogP contribution in [0, 0.1) is 0 Å². The highest BCUT2D eigenvalue weighted by Gasteiger charge is 2.60. The van der Waals surface area contributed by atoms with Crippen LogP contribution in [0.25, 0.3) is 0 Å². The van der Waals surface area contributed by atoms with Gasteiger partial charge in [-0.1, -0.05) is 72.3 Å². The third-order valence-electron chi connectivity index (χ3n) is 8.33. The Hall–Kier alpha value is -4.37. The molecule has 2 saturated heterocycles. The largest absolute Gasteiger partial charge is 0.366 e.